The third-order valence-corrected chi connectivity index (χ3v) is 2.52. The van der Waals surface area contributed by atoms with Crippen LogP contribution < -0.4 is 10.5 Å². The number of benzene rings is 1. The second-order valence-corrected chi connectivity index (χ2v) is 3.63. The molecule has 1 aliphatic carbocycles. The van der Waals surface area contributed by atoms with Gasteiger partial charge in [0.1, 0.15) is 0 Å². The van der Waals surface area contributed by atoms with E-state index in [9.17, 15) is 4.39 Å². The van der Waals surface area contributed by atoms with Crippen molar-refractivity contribution < 1.29 is 9.13 Å². The zero-order valence-corrected chi connectivity index (χ0v) is 9.39. The molecule has 2 unspecified atom stereocenters. The van der Waals surface area contributed by atoms with E-state index in [1.165, 1.54) is 6.07 Å². The van der Waals surface area contributed by atoms with Crippen LogP contribution in [0.15, 0.2) is 18.2 Å². The molecule has 0 bridgehead atoms. The average Bonchev–Trinajstić information content (AvgIpc) is 2.87. The quantitative estimate of drug-likeness (QED) is 0.868. The van der Waals surface area contributed by atoms with Gasteiger partial charge in [-0.05, 0) is 31.0 Å². The van der Waals surface area contributed by atoms with Crippen molar-refractivity contribution >= 4 is 12.4 Å². The monoisotopic (exact) mass is 231 g/mol. The van der Waals surface area contributed by atoms with Crippen LogP contribution >= 0.6 is 12.4 Å². The Morgan fingerprint density at radius 3 is 2.73 bits per heavy atom. The van der Waals surface area contributed by atoms with E-state index in [0.717, 1.165) is 12.0 Å². The van der Waals surface area contributed by atoms with Crippen LogP contribution in [0, 0.1) is 5.82 Å². The average molecular weight is 232 g/mol. The summed E-state index contributed by atoms with van der Waals surface area (Å²) in [5.41, 5.74) is 6.81. The molecule has 0 radical (unpaired) electrons. The van der Waals surface area contributed by atoms with Gasteiger partial charge < -0.3 is 10.5 Å². The number of halogens is 2. The summed E-state index contributed by atoms with van der Waals surface area (Å²) in [6, 6.07) is 5.24. The summed E-state index contributed by atoms with van der Waals surface area (Å²) in [5, 5.41) is 0. The minimum Gasteiger partial charge on any atom is -0.491 e. The van der Waals surface area contributed by atoms with Crippen LogP contribution in [0.25, 0.3) is 0 Å². The highest BCUT2D eigenvalue weighted by atomic mass is 35.5. The van der Waals surface area contributed by atoms with Crippen molar-refractivity contribution in [3.05, 3.63) is 29.6 Å². The van der Waals surface area contributed by atoms with Gasteiger partial charge in [0.25, 0.3) is 0 Å². The number of rotatable bonds is 3. The van der Waals surface area contributed by atoms with Crippen molar-refractivity contribution in [3.8, 4) is 5.75 Å². The van der Waals surface area contributed by atoms with Gasteiger partial charge in [-0.25, -0.2) is 4.39 Å². The van der Waals surface area contributed by atoms with Crippen molar-refractivity contribution in [2.75, 3.05) is 6.61 Å². The van der Waals surface area contributed by atoms with Crippen LogP contribution in [0.5, 0.6) is 5.75 Å². The second kappa shape index (κ2) is 4.81. The Morgan fingerprint density at radius 1 is 1.53 bits per heavy atom. The first-order chi connectivity index (χ1) is 6.72. The van der Waals surface area contributed by atoms with Gasteiger partial charge in [-0.15, -0.1) is 12.4 Å². The fraction of sp³-hybridized carbons (Fsp3) is 0.455. The Balaban J connectivity index is 0.00000112. The molecule has 0 aromatic heterocycles. The van der Waals surface area contributed by atoms with E-state index >= 15 is 0 Å². The van der Waals surface area contributed by atoms with Gasteiger partial charge in [0.15, 0.2) is 11.6 Å². The summed E-state index contributed by atoms with van der Waals surface area (Å²) >= 11 is 0. The Bertz CT molecular complexity index is 345. The lowest BCUT2D eigenvalue weighted by atomic mass is 10.1. The maximum atomic E-state index is 13.2. The molecule has 1 aliphatic rings. The highest BCUT2D eigenvalue weighted by Gasteiger charge is 2.35. The first kappa shape index (κ1) is 12.3. The van der Waals surface area contributed by atoms with Crippen molar-refractivity contribution in [1.29, 1.82) is 0 Å². The Morgan fingerprint density at radius 2 is 2.20 bits per heavy atom. The molecule has 84 valence electrons. The van der Waals surface area contributed by atoms with Gasteiger partial charge in [-0.3, -0.25) is 0 Å². The van der Waals surface area contributed by atoms with Crippen LogP contribution in [0.1, 0.15) is 24.8 Å². The van der Waals surface area contributed by atoms with Crippen LogP contribution in [0.4, 0.5) is 4.39 Å². The molecule has 4 heteroatoms. The molecule has 2 nitrogen and oxygen atoms in total. The third kappa shape index (κ3) is 2.61. The molecule has 1 saturated carbocycles. The van der Waals surface area contributed by atoms with E-state index in [2.05, 4.69) is 0 Å². The number of hydrogen-bond donors (Lipinski definition) is 1. The molecule has 0 aliphatic heterocycles. The maximum absolute atomic E-state index is 13.2. The van der Waals surface area contributed by atoms with Crippen molar-refractivity contribution in [2.45, 2.75) is 25.3 Å². The topological polar surface area (TPSA) is 35.2 Å². The predicted octanol–water partition coefficient (Wildman–Crippen LogP) is 2.46. The Kier molecular flexibility index (Phi) is 3.94. The molecule has 2 atom stereocenters. The van der Waals surface area contributed by atoms with Gasteiger partial charge in [0.2, 0.25) is 0 Å². The number of nitrogens with two attached hydrogens (primary N) is 1. The molecule has 0 saturated heterocycles. The number of ether oxygens (including phenoxy) is 1. The predicted molar refractivity (Wildman–Crippen MR) is 60.2 cm³/mol. The highest BCUT2D eigenvalue weighted by Crippen LogP contribution is 2.40. The van der Waals surface area contributed by atoms with Crippen molar-refractivity contribution in [1.82, 2.24) is 0 Å². The maximum Gasteiger partial charge on any atom is 0.165 e. The van der Waals surface area contributed by atoms with Gasteiger partial charge in [-0.2, -0.15) is 0 Å². The Hall–Kier alpha value is -0.800. The van der Waals surface area contributed by atoms with E-state index in [0.29, 0.717) is 18.3 Å². The SMILES string of the molecule is CCOc1cc(C2CC2N)ccc1F.Cl. The molecule has 1 aromatic carbocycles. The highest BCUT2D eigenvalue weighted by molar-refractivity contribution is 5.85. The largest absolute Gasteiger partial charge is 0.491 e. The van der Waals surface area contributed by atoms with E-state index in [4.69, 9.17) is 10.5 Å². The van der Waals surface area contributed by atoms with Crippen LogP contribution in [0.3, 0.4) is 0 Å². The molecule has 0 spiro atoms. The summed E-state index contributed by atoms with van der Waals surface area (Å²) in [7, 11) is 0. The fourth-order valence-electron chi connectivity index (χ4n) is 1.61. The summed E-state index contributed by atoms with van der Waals surface area (Å²) in [6.07, 6.45) is 0.997. The van der Waals surface area contributed by atoms with Crippen LogP contribution in [-0.4, -0.2) is 12.6 Å². The van der Waals surface area contributed by atoms with Crippen LogP contribution in [-0.2, 0) is 0 Å². The summed E-state index contributed by atoms with van der Waals surface area (Å²) in [4.78, 5) is 0. The lowest BCUT2D eigenvalue weighted by Gasteiger charge is -2.06. The zero-order valence-electron chi connectivity index (χ0n) is 8.57. The van der Waals surface area contributed by atoms with Crippen molar-refractivity contribution in [3.63, 3.8) is 0 Å². The molecule has 0 amide bonds. The minimum atomic E-state index is -0.301. The van der Waals surface area contributed by atoms with Gasteiger partial charge in [0.05, 0.1) is 6.61 Å². The normalized spacial score (nSPS) is 23.1. The summed E-state index contributed by atoms with van der Waals surface area (Å²) < 4.78 is 18.4. The van der Waals surface area contributed by atoms with E-state index < -0.39 is 0 Å². The van der Waals surface area contributed by atoms with Crippen molar-refractivity contribution in [2.24, 2.45) is 5.73 Å². The fourth-order valence-corrected chi connectivity index (χ4v) is 1.61. The first-order valence-electron chi connectivity index (χ1n) is 4.90. The first-order valence-corrected chi connectivity index (χ1v) is 4.90. The summed E-state index contributed by atoms with van der Waals surface area (Å²) in [5.74, 6) is 0.434. The molecule has 0 heterocycles. The minimum absolute atomic E-state index is 0. The molecule has 1 aromatic rings. The molecule has 2 N–H and O–H groups in total. The van der Waals surface area contributed by atoms with E-state index in [1.54, 1.807) is 12.1 Å². The Labute approximate surface area is 95.0 Å². The van der Waals surface area contributed by atoms with Crippen LogP contribution in [0.2, 0.25) is 0 Å². The lowest BCUT2D eigenvalue weighted by molar-refractivity contribution is 0.321. The second-order valence-electron chi connectivity index (χ2n) is 3.63. The van der Waals surface area contributed by atoms with E-state index in [1.807, 2.05) is 6.92 Å². The lowest BCUT2D eigenvalue weighted by Crippen LogP contribution is -2.02. The molecular formula is C11H15ClFNO. The van der Waals surface area contributed by atoms with E-state index in [-0.39, 0.29) is 24.3 Å². The van der Waals surface area contributed by atoms with Gasteiger partial charge in [-0.1, -0.05) is 6.07 Å². The standard InChI is InChI=1S/C11H14FNO.ClH/c1-2-14-11-5-7(3-4-9(11)12)8-6-10(8)13;/h3-5,8,10H,2,6,13H2,1H3;1H. The molecule has 1 fully saturated rings. The molecule has 2 rings (SSSR count). The van der Waals surface area contributed by atoms with Gasteiger partial charge >= 0.3 is 0 Å². The summed E-state index contributed by atoms with van der Waals surface area (Å²) in [6.45, 7) is 2.33. The number of hydrogen-bond acceptors (Lipinski definition) is 2. The molecule has 15 heavy (non-hydrogen) atoms. The molecular weight excluding hydrogens is 217 g/mol. The third-order valence-electron chi connectivity index (χ3n) is 2.52. The van der Waals surface area contributed by atoms with Gasteiger partial charge in [0, 0.05) is 12.0 Å². The zero-order chi connectivity index (χ0) is 10.1. The smallest absolute Gasteiger partial charge is 0.165 e.